The summed E-state index contributed by atoms with van der Waals surface area (Å²) >= 11 is 1.71. The first-order valence-electron chi connectivity index (χ1n) is 9.37. The van der Waals surface area contributed by atoms with Gasteiger partial charge in [0, 0.05) is 18.9 Å². The van der Waals surface area contributed by atoms with Gasteiger partial charge in [0.15, 0.2) is 6.04 Å². The number of amides is 2. The lowest BCUT2D eigenvalue weighted by Crippen LogP contribution is -2.67. The fraction of sp³-hybridized carbons (Fsp3) is 0.833. The Kier molecular flexibility index (Phi) is 10.0. The maximum atomic E-state index is 12.3. The van der Waals surface area contributed by atoms with E-state index in [1.807, 2.05) is 6.26 Å². The minimum absolute atomic E-state index is 0.00681. The van der Waals surface area contributed by atoms with Gasteiger partial charge in [0.25, 0.3) is 5.91 Å². The summed E-state index contributed by atoms with van der Waals surface area (Å²) in [5.41, 5.74) is 3.90. The smallest absolute Gasteiger partial charge is 0.278 e. The highest BCUT2D eigenvalue weighted by Crippen LogP contribution is 2.28. The van der Waals surface area contributed by atoms with Crippen LogP contribution in [-0.2, 0) is 14.4 Å². The predicted octanol–water partition coefficient (Wildman–Crippen LogP) is -0.837. The third-order valence-electron chi connectivity index (χ3n) is 5.04. The normalized spacial score (nSPS) is 22.5. The van der Waals surface area contributed by atoms with E-state index in [4.69, 9.17) is 0 Å². The van der Waals surface area contributed by atoms with Crippen molar-refractivity contribution in [3.05, 3.63) is 0 Å². The van der Waals surface area contributed by atoms with Crippen LogP contribution in [0.3, 0.4) is 0 Å². The molecule has 0 unspecified atom stereocenters. The number of aliphatic carboxylic acids is 1. The molecule has 2 amide bonds. The van der Waals surface area contributed by atoms with Crippen LogP contribution in [0.15, 0.2) is 0 Å². The number of thioether (sulfide) groups is 1. The lowest BCUT2D eigenvalue weighted by atomic mass is 9.81. The molecule has 26 heavy (non-hydrogen) atoms. The van der Waals surface area contributed by atoms with Crippen molar-refractivity contribution in [2.24, 2.45) is 17.8 Å². The third kappa shape index (κ3) is 7.53. The zero-order valence-corrected chi connectivity index (χ0v) is 16.9. The third-order valence-corrected chi connectivity index (χ3v) is 5.69. The van der Waals surface area contributed by atoms with Crippen molar-refractivity contribution in [1.29, 1.82) is 0 Å². The van der Waals surface area contributed by atoms with Gasteiger partial charge >= 0.3 is 0 Å². The molecule has 0 aromatic heterocycles. The summed E-state index contributed by atoms with van der Waals surface area (Å²) in [6.45, 7) is 4.11. The van der Waals surface area contributed by atoms with Gasteiger partial charge in [-0.25, -0.2) is 0 Å². The molecule has 2 atom stereocenters. The number of carboxylic acid groups (broad SMARTS) is 1. The Hall–Kier alpha value is -1.28. The lowest BCUT2D eigenvalue weighted by Gasteiger charge is -2.30. The van der Waals surface area contributed by atoms with Gasteiger partial charge in [0.2, 0.25) is 5.91 Å². The average Bonchev–Trinajstić information content (AvgIpc) is 2.61. The Bertz CT molecular complexity index is 479. The van der Waals surface area contributed by atoms with E-state index in [2.05, 4.69) is 16.4 Å². The van der Waals surface area contributed by atoms with E-state index in [1.54, 1.807) is 25.6 Å². The Balaban J connectivity index is 2.34. The highest BCUT2D eigenvalue weighted by Gasteiger charge is 2.29. The first-order valence-corrected chi connectivity index (χ1v) is 10.8. The van der Waals surface area contributed by atoms with E-state index in [0.717, 1.165) is 25.0 Å². The number of carbonyl (C=O) groups is 3. The summed E-state index contributed by atoms with van der Waals surface area (Å²) < 4.78 is 0. The number of hydrogen-bond acceptors (Lipinski definition) is 5. The van der Waals surface area contributed by atoms with Gasteiger partial charge in [0.1, 0.15) is 0 Å². The molecule has 0 spiro atoms. The number of quaternary nitrogens is 1. The minimum atomic E-state index is -1.24. The van der Waals surface area contributed by atoms with Crippen molar-refractivity contribution >= 4 is 29.5 Å². The predicted molar refractivity (Wildman–Crippen MR) is 99.9 cm³/mol. The van der Waals surface area contributed by atoms with E-state index in [-0.39, 0.29) is 29.7 Å². The second-order valence-electron chi connectivity index (χ2n) is 7.49. The highest BCUT2D eigenvalue weighted by molar-refractivity contribution is 7.98. The van der Waals surface area contributed by atoms with Gasteiger partial charge in [0.05, 0.1) is 12.0 Å². The summed E-state index contributed by atoms with van der Waals surface area (Å²) in [6, 6.07) is -1.17. The molecule has 1 rings (SSSR count). The summed E-state index contributed by atoms with van der Waals surface area (Å²) in [6.07, 6.45) is 5.91. The molecular weight excluding hydrogens is 354 g/mol. The van der Waals surface area contributed by atoms with Crippen molar-refractivity contribution < 1.29 is 25.2 Å². The van der Waals surface area contributed by atoms with E-state index < -0.39 is 12.0 Å². The first-order chi connectivity index (χ1) is 12.3. The zero-order chi connectivity index (χ0) is 19.7. The van der Waals surface area contributed by atoms with Gasteiger partial charge in [-0.3, -0.25) is 9.59 Å². The number of carboxylic acids is 1. The van der Waals surface area contributed by atoms with Crippen LogP contribution in [0, 0.1) is 17.8 Å². The number of carbonyl (C=O) groups excluding carboxylic acids is 3. The van der Waals surface area contributed by atoms with Gasteiger partial charge in [-0.1, -0.05) is 13.8 Å². The second kappa shape index (κ2) is 11.4. The fourth-order valence-corrected chi connectivity index (χ4v) is 3.70. The van der Waals surface area contributed by atoms with Crippen LogP contribution in [-0.4, -0.2) is 48.4 Å². The Morgan fingerprint density at radius 1 is 1.19 bits per heavy atom. The molecular formula is C18H33N3O4S. The largest absolute Gasteiger partial charge is 0.548 e. The Morgan fingerprint density at radius 2 is 1.81 bits per heavy atom. The van der Waals surface area contributed by atoms with Crippen molar-refractivity contribution in [3.63, 3.8) is 0 Å². The Morgan fingerprint density at radius 3 is 2.31 bits per heavy atom. The number of nitrogens with one attached hydrogen (secondary N) is 2. The molecule has 0 aromatic rings. The second-order valence-corrected chi connectivity index (χ2v) is 8.48. The topological polar surface area (TPSA) is 126 Å². The van der Waals surface area contributed by atoms with Crippen LogP contribution < -0.4 is 21.5 Å². The van der Waals surface area contributed by atoms with Crippen LogP contribution in [0.5, 0.6) is 0 Å². The van der Waals surface area contributed by atoms with Crippen LogP contribution in [0.1, 0.15) is 46.0 Å². The molecule has 5 N–H and O–H groups in total. The summed E-state index contributed by atoms with van der Waals surface area (Å²) in [7, 11) is 0. The number of rotatable bonds is 10. The van der Waals surface area contributed by atoms with E-state index >= 15 is 0 Å². The SMILES string of the molecule is CSCC[C@H]([NH3+])C(=O)NCC1CCC(C(=O)N[C@H](C(=O)[O-])C(C)C)CC1. The lowest BCUT2D eigenvalue weighted by molar-refractivity contribution is -0.403. The molecule has 1 aliphatic rings. The highest BCUT2D eigenvalue weighted by atomic mass is 32.2. The molecule has 0 heterocycles. The van der Waals surface area contributed by atoms with Crippen molar-refractivity contribution in [3.8, 4) is 0 Å². The molecule has 150 valence electrons. The minimum Gasteiger partial charge on any atom is -0.548 e. The summed E-state index contributed by atoms with van der Waals surface area (Å²) in [5.74, 6) is -0.544. The maximum Gasteiger partial charge on any atom is 0.278 e. The molecule has 1 fully saturated rings. The summed E-state index contributed by atoms with van der Waals surface area (Å²) in [5, 5.41) is 16.7. The Labute approximate surface area is 160 Å². The molecule has 7 nitrogen and oxygen atoms in total. The standard InChI is InChI=1S/C18H33N3O4S/c1-11(2)15(18(24)25)21-16(22)13-6-4-12(5-7-13)10-20-17(23)14(19)8-9-26-3/h11-15H,4-10,19H2,1-3H3,(H,20,23)(H,21,22)(H,24,25)/t12?,13?,14-,15-/m0/s1. The molecule has 0 radical (unpaired) electrons. The molecule has 0 aromatic carbocycles. The molecule has 0 bridgehead atoms. The van der Waals surface area contributed by atoms with Crippen molar-refractivity contribution in [2.75, 3.05) is 18.6 Å². The maximum absolute atomic E-state index is 12.3. The van der Waals surface area contributed by atoms with Gasteiger partial charge in [-0.05, 0) is 49.5 Å². The first kappa shape index (κ1) is 22.8. The van der Waals surface area contributed by atoms with Crippen LogP contribution in [0.4, 0.5) is 0 Å². The van der Waals surface area contributed by atoms with Gasteiger partial charge in [-0.15, -0.1) is 0 Å². The van der Waals surface area contributed by atoms with Crippen LogP contribution in [0.25, 0.3) is 0 Å². The average molecular weight is 388 g/mol. The molecule has 1 aliphatic carbocycles. The van der Waals surface area contributed by atoms with Crippen LogP contribution >= 0.6 is 11.8 Å². The van der Waals surface area contributed by atoms with Crippen molar-refractivity contribution in [2.45, 2.75) is 58.0 Å². The fourth-order valence-electron chi connectivity index (χ4n) is 3.18. The van der Waals surface area contributed by atoms with E-state index in [1.165, 1.54) is 0 Å². The van der Waals surface area contributed by atoms with Crippen LogP contribution in [0.2, 0.25) is 0 Å². The van der Waals surface area contributed by atoms with Gasteiger partial charge in [-0.2, -0.15) is 11.8 Å². The van der Waals surface area contributed by atoms with E-state index in [9.17, 15) is 19.5 Å². The quantitative estimate of drug-likeness (QED) is 0.451. The van der Waals surface area contributed by atoms with Gasteiger partial charge < -0.3 is 26.3 Å². The molecule has 8 heteroatoms. The zero-order valence-electron chi connectivity index (χ0n) is 16.1. The molecule has 0 saturated heterocycles. The number of hydrogen-bond donors (Lipinski definition) is 3. The van der Waals surface area contributed by atoms with E-state index in [0.29, 0.717) is 25.3 Å². The van der Waals surface area contributed by atoms with Crippen molar-refractivity contribution in [1.82, 2.24) is 10.6 Å². The monoisotopic (exact) mass is 387 g/mol. The molecule has 1 saturated carbocycles. The summed E-state index contributed by atoms with van der Waals surface area (Å²) in [4.78, 5) is 35.4. The molecule has 0 aliphatic heterocycles.